The van der Waals surface area contributed by atoms with E-state index in [2.05, 4.69) is 15.2 Å². The van der Waals surface area contributed by atoms with E-state index in [-0.39, 0.29) is 0 Å². The number of aryl methyl sites for hydroxylation is 3. The van der Waals surface area contributed by atoms with Gasteiger partial charge in [-0.15, -0.1) is 0 Å². The Kier molecular flexibility index (Phi) is 2.97. The van der Waals surface area contributed by atoms with Crippen molar-refractivity contribution in [2.24, 2.45) is 14.1 Å². The third-order valence-corrected chi connectivity index (χ3v) is 3.08. The number of aliphatic hydroxyl groups is 1. The van der Waals surface area contributed by atoms with Gasteiger partial charge in [0.1, 0.15) is 12.2 Å². The standard InChI is InChI=1S/C11H17N5O/c1-7-11(8(2)15(3)14-7)9(17)5-10-12-6-13-16(10)4/h6,9,17H,5H2,1-4H3. The molecular formula is C11H17N5O. The van der Waals surface area contributed by atoms with Crippen LogP contribution < -0.4 is 0 Å². The van der Waals surface area contributed by atoms with Crippen LogP contribution in [0.4, 0.5) is 0 Å². The maximum absolute atomic E-state index is 10.3. The number of nitrogens with zero attached hydrogens (tertiary/aromatic N) is 5. The van der Waals surface area contributed by atoms with Crippen LogP contribution in [0.1, 0.15) is 28.9 Å². The third kappa shape index (κ3) is 2.08. The van der Waals surface area contributed by atoms with Gasteiger partial charge >= 0.3 is 0 Å². The summed E-state index contributed by atoms with van der Waals surface area (Å²) in [6, 6.07) is 0. The van der Waals surface area contributed by atoms with Gasteiger partial charge < -0.3 is 5.11 Å². The molecular weight excluding hydrogens is 218 g/mol. The Balaban J connectivity index is 2.26. The second-order valence-electron chi connectivity index (χ2n) is 4.23. The lowest BCUT2D eigenvalue weighted by Crippen LogP contribution is -2.09. The zero-order valence-electron chi connectivity index (χ0n) is 10.5. The van der Waals surface area contributed by atoms with Gasteiger partial charge in [-0.3, -0.25) is 9.36 Å². The molecule has 6 nitrogen and oxygen atoms in total. The summed E-state index contributed by atoms with van der Waals surface area (Å²) in [4.78, 5) is 4.11. The molecule has 2 heterocycles. The molecule has 2 rings (SSSR count). The van der Waals surface area contributed by atoms with Crippen LogP contribution in [0.5, 0.6) is 0 Å². The Bertz CT molecular complexity index is 528. The molecule has 0 saturated heterocycles. The number of hydrogen-bond acceptors (Lipinski definition) is 4. The number of aromatic nitrogens is 5. The molecule has 6 heteroatoms. The van der Waals surface area contributed by atoms with E-state index in [0.717, 1.165) is 22.8 Å². The summed E-state index contributed by atoms with van der Waals surface area (Å²) in [5.41, 5.74) is 2.73. The molecule has 0 fully saturated rings. The highest BCUT2D eigenvalue weighted by molar-refractivity contribution is 5.27. The molecule has 0 aliphatic heterocycles. The minimum absolute atomic E-state index is 0.448. The van der Waals surface area contributed by atoms with Crippen LogP contribution in [0.15, 0.2) is 6.33 Å². The highest BCUT2D eigenvalue weighted by Crippen LogP contribution is 2.23. The fourth-order valence-corrected chi connectivity index (χ4v) is 2.05. The van der Waals surface area contributed by atoms with E-state index >= 15 is 0 Å². The maximum Gasteiger partial charge on any atom is 0.138 e. The second kappa shape index (κ2) is 4.29. The van der Waals surface area contributed by atoms with E-state index in [1.54, 1.807) is 9.36 Å². The highest BCUT2D eigenvalue weighted by Gasteiger charge is 2.19. The molecule has 92 valence electrons. The molecule has 2 aromatic heterocycles. The maximum atomic E-state index is 10.3. The summed E-state index contributed by atoms with van der Waals surface area (Å²) in [6.45, 7) is 3.86. The van der Waals surface area contributed by atoms with Crippen LogP contribution >= 0.6 is 0 Å². The molecule has 0 bridgehead atoms. The normalized spacial score (nSPS) is 13.0. The largest absolute Gasteiger partial charge is 0.388 e. The first-order valence-corrected chi connectivity index (χ1v) is 5.51. The van der Waals surface area contributed by atoms with Crippen LogP contribution in [0.2, 0.25) is 0 Å². The van der Waals surface area contributed by atoms with Gasteiger partial charge in [0.25, 0.3) is 0 Å². The van der Waals surface area contributed by atoms with Crippen molar-refractivity contribution in [3.63, 3.8) is 0 Å². The molecule has 17 heavy (non-hydrogen) atoms. The van der Waals surface area contributed by atoms with Crippen molar-refractivity contribution in [2.75, 3.05) is 0 Å². The first-order valence-electron chi connectivity index (χ1n) is 5.51. The Morgan fingerprint density at radius 2 is 2.00 bits per heavy atom. The van der Waals surface area contributed by atoms with Crippen molar-refractivity contribution >= 4 is 0 Å². The van der Waals surface area contributed by atoms with Crippen molar-refractivity contribution < 1.29 is 5.11 Å². The summed E-state index contributed by atoms with van der Waals surface area (Å²) in [5, 5.41) is 18.5. The number of rotatable bonds is 3. The van der Waals surface area contributed by atoms with Crippen LogP contribution in [0.3, 0.4) is 0 Å². The zero-order chi connectivity index (χ0) is 12.6. The van der Waals surface area contributed by atoms with Gasteiger partial charge in [0, 0.05) is 31.8 Å². The van der Waals surface area contributed by atoms with E-state index in [9.17, 15) is 5.11 Å². The Morgan fingerprint density at radius 3 is 2.47 bits per heavy atom. The highest BCUT2D eigenvalue weighted by atomic mass is 16.3. The third-order valence-electron chi connectivity index (χ3n) is 3.08. The van der Waals surface area contributed by atoms with E-state index < -0.39 is 6.10 Å². The summed E-state index contributed by atoms with van der Waals surface area (Å²) in [7, 11) is 3.69. The number of aliphatic hydroxyl groups excluding tert-OH is 1. The van der Waals surface area contributed by atoms with Crippen LogP contribution in [0, 0.1) is 13.8 Å². The zero-order valence-corrected chi connectivity index (χ0v) is 10.5. The fraction of sp³-hybridized carbons (Fsp3) is 0.545. The lowest BCUT2D eigenvalue weighted by Gasteiger charge is -2.10. The van der Waals surface area contributed by atoms with E-state index in [4.69, 9.17) is 0 Å². The molecule has 0 amide bonds. The average Bonchev–Trinajstić information content (AvgIpc) is 2.74. The van der Waals surface area contributed by atoms with Gasteiger partial charge in [0.15, 0.2) is 0 Å². The molecule has 0 aromatic carbocycles. The van der Waals surface area contributed by atoms with E-state index in [1.165, 1.54) is 6.33 Å². The van der Waals surface area contributed by atoms with Crippen molar-refractivity contribution in [1.29, 1.82) is 0 Å². The van der Waals surface area contributed by atoms with Gasteiger partial charge in [-0.2, -0.15) is 10.2 Å². The Hall–Kier alpha value is -1.69. The lowest BCUT2D eigenvalue weighted by molar-refractivity contribution is 0.173. The molecule has 0 radical (unpaired) electrons. The van der Waals surface area contributed by atoms with E-state index in [0.29, 0.717) is 6.42 Å². The summed E-state index contributed by atoms with van der Waals surface area (Å²) < 4.78 is 3.45. The SMILES string of the molecule is Cc1nn(C)c(C)c1C(O)Cc1ncnn1C. The van der Waals surface area contributed by atoms with Gasteiger partial charge in [-0.25, -0.2) is 4.98 Å². The van der Waals surface area contributed by atoms with Gasteiger partial charge in [0.2, 0.25) is 0 Å². The minimum atomic E-state index is -0.591. The van der Waals surface area contributed by atoms with Crippen molar-refractivity contribution in [3.8, 4) is 0 Å². The summed E-state index contributed by atoms with van der Waals surface area (Å²) in [5.74, 6) is 0.764. The Labute approximate surface area is 99.9 Å². The first kappa shape index (κ1) is 11.8. The van der Waals surface area contributed by atoms with Crippen molar-refractivity contribution in [1.82, 2.24) is 24.5 Å². The fourth-order valence-electron chi connectivity index (χ4n) is 2.05. The molecule has 2 aromatic rings. The van der Waals surface area contributed by atoms with Crippen molar-refractivity contribution in [3.05, 3.63) is 29.1 Å². The number of hydrogen-bond donors (Lipinski definition) is 1. The topological polar surface area (TPSA) is 68.8 Å². The molecule has 0 aliphatic rings. The van der Waals surface area contributed by atoms with E-state index in [1.807, 2.05) is 27.9 Å². The quantitative estimate of drug-likeness (QED) is 0.838. The minimum Gasteiger partial charge on any atom is -0.388 e. The molecule has 0 spiro atoms. The molecule has 0 aliphatic carbocycles. The monoisotopic (exact) mass is 235 g/mol. The van der Waals surface area contributed by atoms with Gasteiger partial charge in [-0.1, -0.05) is 0 Å². The molecule has 1 atom stereocenters. The molecule has 1 N–H and O–H groups in total. The lowest BCUT2D eigenvalue weighted by atomic mass is 10.0. The van der Waals surface area contributed by atoms with Crippen LogP contribution in [-0.2, 0) is 20.5 Å². The summed E-state index contributed by atoms with van der Waals surface area (Å²) >= 11 is 0. The van der Waals surface area contributed by atoms with Crippen molar-refractivity contribution in [2.45, 2.75) is 26.4 Å². The smallest absolute Gasteiger partial charge is 0.138 e. The van der Waals surface area contributed by atoms with Gasteiger partial charge in [0.05, 0.1) is 11.8 Å². The van der Waals surface area contributed by atoms with Gasteiger partial charge in [-0.05, 0) is 13.8 Å². The van der Waals surface area contributed by atoms with Crippen LogP contribution in [-0.4, -0.2) is 29.7 Å². The average molecular weight is 235 g/mol. The molecule has 1 unspecified atom stereocenters. The Morgan fingerprint density at radius 1 is 1.29 bits per heavy atom. The predicted molar refractivity (Wildman–Crippen MR) is 62.3 cm³/mol. The first-order chi connectivity index (χ1) is 8.00. The van der Waals surface area contributed by atoms with Crippen LogP contribution in [0.25, 0.3) is 0 Å². The second-order valence-corrected chi connectivity index (χ2v) is 4.23. The molecule has 0 saturated carbocycles. The predicted octanol–water partition coefficient (Wildman–Crippen LogP) is 0.442. The summed E-state index contributed by atoms with van der Waals surface area (Å²) in [6.07, 6.45) is 1.35.